The van der Waals surface area contributed by atoms with Gasteiger partial charge in [-0.2, -0.15) is 0 Å². The number of rotatable bonds is 22. The Labute approximate surface area is 374 Å². The van der Waals surface area contributed by atoms with Crippen molar-refractivity contribution in [3.8, 4) is 23.0 Å². The number of nitrogens with zero attached hydrogens (tertiary/aromatic N) is 2. The van der Waals surface area contributed by atoms with Gasteiger partial charge in [0.25, 0.3) is 11.8 Å². The predicted octanol–water partition coefficient (Wildman–Crippen LogP) is 8.54. The maximum Gasteiger partial charge on any atom is 0.252 e. The lowest BCUT2D eigenvalue weighted by Gasteiger charge is -2.18. The van der Waals surface area contributed by atoms with Gasteiger partial charge in [0.15, 0.2) is 23.0 Å². The topological polar surface area (TPSA) is 223 Å². The molecule has 15 nitrogen and oxygen atoms in total. The highest BCUT2D eigenvalue weighted by molar-refractivity contribution is 6.09. The molecule has 0 spiro atoms. The van der Waals surface area contributed by atoms with Gasteiger partial charge in [-0.1, -0.05) is 63.3 Å². The fourth-order valence-corrected chi connectivity index (χ4v) is 7.14. The maximum atomic E-state index is 12.2. The van der Waals surface area contributed by atoms with Crippen LogP contribution in [0.25, 0.3) is 21.8 Å². The van der Waals surface area contributed by atoms with Crippen molar-refractivity contribution in [3.63, 3.8) is 0 Å². The number of carbonyl (C=O) groups excluding carboxylic acids is 2. The standard InChI is InChI=1S/C27H35N3O4.C22H25N3O5/c1-4-5-6-7-8-9-13-34-25-14-20-23(15-24(25)33-3)29-16-21(27(28)32)26(20)30-22-12-10-11-19(17-31)18(22)2;1-13-14(12-26)5-4-6-17(13)25-21-15-9-20(30-8-7-28-2)19(29-3)10-18(15)24-11-16(21)22(23)27/h10-12,14-16,31H,4-9,13,17H2,1-3H3,(H2,28,32)(H,29,30);4-6,9-11,26H,7-8,12H2,1-3H3,(H2,23,27)(H,24,25). The number of nitrogens with one attached hydrogen (secondary N) is 2. The quantitative estimate of drug-likeness (QED) is 0.0352. The van der Waals surface area contributed by atoms with Gasteiger partial charge in [0, 0.05) is 53.8 Å². The summed E-state index contributed by atoms with van der Waals surface area (Å²) in [6.45, 7) is 7.19. The van der Waals surface area contributed by atoms with E-state index < -0.39 is 11.8 Å². The highest BCUT2D eigenvalue weighted by atomic mass is 16.5. The number of aliphatic hydroxyl groups excluding tert-OH is 2. The second-order valence-electron chi connectivity index (χ2n) is 15.1. The fraction of sp³-hybridized carbons (Fsp3) is 0.347. The van der Waals surface area contributed by atoms with Crippen LogP contribution in [-0.4, -0.2) is 73.1 Å². The molecule has 0 saturated carbocycles. The van der Waals surface area contributed by atoms with Crippen molar-refractivity contribution in [2.24, 2.45) is 11.5 Å². The molecule has 0 radical (unpaired) electrons. The van der Waals surface area contributed by atoms with E-state index in [0.717, 1.165) is 46.5 Å². The third-order valence-electron chi connectivity index (χ3n) is 10.9. The molecule has 0 fully saturated rings. The number of amides is 2. The zero-order valence-electron chi connectivity index (χ0n) is 37.5. The van der Waals surface area contributed by atoms with Crippen LogP contribution in [-0.2, 0) is 18.0 Å². The number of nitrogens with two attached hydrogens (primary N) is 2. The molecule has 340 valence electrons. The number of fused-ring (bicyclic) bond motifs is 2. The number of carbonyl (C=O) groups is 2. The van der Waals surface area contributed by atoms with Crippen LogP contribution in [0.2, 0.25) is 0 Å². The summed E-state index contributed by atoms with van der Waals surface area (Å²) in [4.78, 5) is 33.1. The Kier molecular flexibility index (Phi) is 17.9. The predicted molar refractivity (Wildman–Crippen MR) is 251 cm³/mol. The van der Waals surface area contributed by atoms with Gasteiger partial charge in [0.05, 0.1) is 74.2 Å². The van der Waals surface area contributed by atoms with Crippen molar-refractivity contribution in [3.05, 3.63) is 106 Å². The zero-order valence-corrected chi connectivity index (χ0v) is 37.5. The Bertz CT molecular complexity index is 2550. The number of methoxy groups -OCH3 is 3. The van der Waals surface area contributed by atoms with E-state index in [1.54, 1.807) is 39.5 Å². The summed E-state index contributed by atoms with van der Waals surface area (Å²) in [7, 11) is 4.74. The van der Waals surface area contributed by atoms with Crippen molar-refractivity contribution in [2.75, 3.05) is 51.8 Å². The molecule has 0 atom stereocenters. The summed E-state index contributed by atoms with van der Waals surface area (Å²) >= 11 is 0. The monoisotopic (exact) mass is 876 g/mol. The van der Waals surface area contributed by atoms with Crippen LogP contribution in [0.5, 0.6) is 23.0 Å². The third-order valence-corrected chi connectivity index (χ3v) is 10.9. The van der Waals surface area contributed by atoms with Crippen LogP contribution in [0, 0.1) is 13.8 Å². The summed E-state index contributed by atoms with van der Waals surface area (Å²) < 4.78 is 27.9. The highest BCUT2D eigenvalue weighted by Gasteiger charge is 2.20. The molecule has 0 unspecified atom stereocenters. The van der Waals surface area contributed by atoms with Crippen LogP contribution in [0.1, 0.15) is 88.4 Å². The first-order chi connectivity index (χ1) is 31.0. The van der Waals surface area contributed by atoms with E-state index in [4.69, 9.17) is 35.2 Å². The molecular formula is C49H60N6O9. The molecule has 0 aliphatic carbocycles. The van der Waals surface area contributed by atoms with E-state index in [9.17, 15) is 19.8 Å². The average Bonchev–Trinajstić information content (AvgIpc) is 3.29. The van der Waals surface area contributed by atoms with E-state index in [-0.39, 0.29) is 24.3 Å². The molecule has 8 N–H and O–H groups in total. The number of aromatic nitrogens is 2. The number of hydrogen-bond donors (Lipinski definition) is 6. The van der Waals surface area contributed by atoms with Crippen LogP contribution in [0.15, 0.2) is 73.1 Å². The maximum absolute atomic E-state index is 12.2. The zero-order chi connectivity index (χ0) is 46.2. The first kappa shape index (κ1) is 48.4. The van der Waals surface area contributed by atoms with Crippen LogP contribution < -0.4 is 41.0 Å². The molecule has 0 bridgehead atoms. The van der Waals surface area contributed by atoms with E-state index in [2.05, 4.69) is 27.5 Å². The van der Waals surface area contributed by atoms with E-state index >= 15 is 0 Å². The van der Waals surface area contributed by atoms with Gasteiger partial charge >= 0.3 is 0 Å². The molecule has 0 aliphatic rings. The third kappa shape index (κ3) is 11.9. The second-order valence-corrected chi connectivity index (χ2v) is 15.1. The number of ether oxygens (including phenoxy) is 5. The van der Waals surface area contributed by atoms with Gasteiger partial charge in [0.1, 0.15) is 6.61 Å². The smallest absolute Gasteiger partial charge is 0.252 e. The van der Waals surface area contributed by atoms with Gasteiger partial charge in [0.2, 0.25) is 0 Å². The van der Waals surface area contributed by atoms with Crippen molar-refractivity contribution in [2.45, 2.75) is 72.5 Å². The summed E-state index contributed by atoms with van der Waals surface area (Å²) in [6, 6.07) is 18.3. The molecule has 6 rings (SSSR count). The Morgan fingerprint density at radius 2 is 1.06 bits per heavy atom. The lowest BCUT2D eigenvalue weighted by molar-refractivity contribution is 0.0992. The van der Waals surface area contributed by atoms with Gasteiger partial charge < -0.3 is 56.0 Å². The van der Waals surface area contributed by atoms with E-state index in [0.29, 0.717) is 76.0 Å². The van der Waals surface area contributed by atoms with Crippen molar-refractivity contribution in [1.29, 1.82) is 0 Å². The number of benzene rings is 4. The number of aliphatic hydroxyl groups is 2. The lowest BCUT2D eigenvalue weighted by atomic mass is 10.0. The van der Waals surface area contributed by atoms with Crippen LogP contribution >= 0.6 is 0 Å². The molecule has 2 heterocycles. The number of anilines is 4. The Hall–Kier alpha value is -6.68. The molecule has 4 aromatic carbocycles. The van der Waals surface area contributed by atoms with E-state index in [1.165, 1.54) is 38.1 Å². The summed E-state index contributed by atoms with van der Waals surface area (Å²) in [6.07, 6.45) is 9.94. The molecule has 15 heteroatoms. The first-order valence-electron chi connectivity index (χ1n) is 21.3. The van der Waals surface area contributed by atoms with Crippen molar-refractivity contribution in [1.82, 2.24) is 9.97 Å². The minimum absolute atomic E-state index is 0.0746. The minimum atomic E-state index is -0.611. The number of unbranched alkanes of at least 4 members (excludes halogenated alkanes) is 5. The first-order valence-corrected chi connectivity index (χ1v) is 21.3. The highest BCUT2D eigenvalue weighted by Crippen LogP contribution is 2.40. The molecular weight excluding hydrogens is 817 g/mol. The van der Waals surface area contributed by atoms with Crippen LogP contribution in [0.4, 0.5) is 22.7 Å². The lowest BCUT2D eigenvalue weighted by Crippen LogP contribution is -2.14. The summed E-state index contributed by atoms with van der Waals surface area (Å²) in [5, 5.41) is 27.2. The number of hydrogen-bond acceptors (Lipinski definition) is 13. The molecule has 64 heavy (non-hydrogen) atoms. The van der Waals surface area contributed by atoms with Crippen molar-refractivity contribution >= 4 is 56.4 Å². The minimum Gasteiger partial charge on any atom is -0.493 e. The van der Waals surface area contributed by atoms with Crippen LogP contribution in [0.3, 0.4) is 0 Å². The second kappa shape index (κ2) is 23.7. The molecule has 0 aliphatic heterocycles. The molecule has 2 amide bonds. The van der Waals surface area contributed by atoms with Gasteiger partial charge in [-0.3, -0.25) is 19.6 Å². The molecule has 6 aromatic rings. The average molecular weight is 877 g/mol. The normalized spacial score (nSPS) is 10.9. The van der Waals surface area contributed by atoms with Gasteiger partial charge in [-0.15, -0.1) is 0 Å². The summed E-state index contributed by atoms with van der Waals surface area (Å²) in [5.41, 5.74) is 19.0. The van der Waals surface area contributed by atoms with Gasteiger partial charge in [-0.25, -0.2) is 0 Å². The SMILES string of the molecule is CCCCCCCCOc1cc2c(Nc3cccc(CO)c3C)c(C(N)=O)cnc2cc1OC.COCCOc1cc2c(Nc3cccc(CO)c3C)c(C(N)=O)cnc2cc1OC. The number of pyridine rings is 2. The fourth-order valence-electron chi connectivity index (χ4n) is 7.14. The number of primary amides is 2. The van der Waals surface area contributed by atoms with E-state index in [1.807, 2.05) is 56.3 Å². The van der Waals surface area contributed by atoms with Gasteiger partial charge in [-0.05, 0) is 66.8 Å². The Balaban J connectivity index is 0.000000243. The van der Waals surface area contributed by atoms with Crippen molar-refractivity contribution < 1.29 is 43.5 Å². The molecule has 0 saturated heterocycles. The largest absolute Gasteiger partial charge is 0.493 e. The molecule has 2 aromatic heterocycles. The summed E-state index contributed by atoms with van der Waals surface area (Å²) in [5.74, 6) is 0.994. The Morgan fingerprint density at radius 3 is 1.48 bits per heavy atom. The Morgan fingerprint density at radius 1 is 0.609 bits per heavy atom.